The molecule has 1 saturated heterocycles. The first kappa shape index (κ1) is 29.1. The van der Waals surface area contributed by atoms with E-state index in [1.54, 1.807) is 0 Å². The molecule has 1 aliphatic carbocycles. The highest BCUT2D eigenvalue weighted by atomic mass is 16.3. The van der Waals surface area contributed by atoms with Crippen LogP contribution in [0, 0.1) is 11.8 Å². The summed E-state index contributed by atoms with van der Waals surface area (Å²) in [6, 6.07) is 8.96. The molecule has 8 heteroatoms. The fourth-order valence-corrected chi connectivity index (χ4v) is 5.85. The molecule has 1 aromatic rings. The Morgan fingerprint density at radius 3 is 2.41 bits per heavy atom. The molecule has 1 heterocycles. The van der Waals surface area contributed by atoms with Crippen LogP contribution in [0.1, 0.15) is 77.7 Å². The number of nitrogens with one attached hydrogen (secondary N) is 2. The minimum absolute atomic E-state index is 0.0128. The van der Waals surface area contributed by atoms with Crippen LogP contribution in [0.25, 0.3) is 0 Å². The number of piperidine rings is 1. The standard InChI is InChI=1S/C29H46N4O4/c1-29(2,3)32-28(37)24-17-21-12-7-8-13-22(21)18-33(24)19-25(34)23(16-20-10-5-4-6-11-20)31-27(36)15-9-14-26(30)35/h4-6,10-11,21-25,34H,7-9,12-19H2,1-3H3,(H2,30,35)(H,31,36)(H,32,37)/t21-,22+,23-,24+,25+/m0/s1. The second-order valence-electron chi connectivity index (χ2n) is 12.0. The number of nitrogens with zero attached hydrogens (tertiary/aromatic N) is 1. The molecule has 0 unspecified atom stereocenters. The van der Waals surface area contributed by atoms with E-state index in [1.165, 1.54) is 19.3 Å². The zero-order valence-electron chi connectivity index (χ0n) is 22.7. The SMILES string of the molecule is CC(C)(C)NC(=O)[C@H]1C[C@@H]2CCCC[C@@H]2CN1C[C@@H](O)[C@H](Cc1ccccc1)NC(=O)CCCC(N)=O. The molecule has 3 amide bonds. The number of β-amino-alcohol motifs (C(OH)–C–C–N with tert-alkyl or cyclic N) is 1. The number of amides is 3. The van der Waals surface area contributed by atoms with Crippen LogP contribution in [0.3, 0.4) is 0 Å². The summed E-state index contributed by atoms with van der Waals surface area (Å²) >= 11 is 0. The number of hydrogen-bond acceptors (Lipinski definition) is 5. The average molecular weight is 515 g/mol. The van der Waals surface area contributed by atoms with Gasteiger partial charge in [-0.1, -0.05) is 49.6 Å². The number of carbonyl (C=O) groups is 3. The molecule has 2 aliphatic rings. The minimum Gasteiger partial charge on any atom is -0.390 e. The molecule has 8 nitrogen and oxygen atoms in total. The number of likely N-dealkylation sites (tertiary alicyclic amines) is 1. The van der Waals surface area contributed by atoms with Crippen LogP contribution < -0.4 is 16.4 Å². The van der Waals surface area contributed by atoms with Crippen LogP contribution in [-0.2, 0) is 20.8 Å². The zero-order valence-corrected chi connectivity index (χ0v) is 22.7. The molecule has 0 aromatic heterocycles. The third-order valence-corrected chi connectivity index (χ3v) is 7.66. The van der Waals surface area contributed by atoms with Crippen LogP contribution >= 0.6 is 0 Å². The Kier molecular flexibility index (Phi) is 10.5. The van der Waals surface area contributed by atoms with Crippen molar-refractivity contribution in [2.75, 3.05) is 13.1 Å². The number of aliphatic hydroxyl groups is 1. The minimum atomic E-state index is -0.856. The van der Waals surface area contributed by atoms with Gasteiger partial charge in [-0.15, -0.1) is 0 Å². The Hall–Kier alpha value is -2.45. The Morgan fingerprint density at radius 1 is 1.08 bits per heavy atom. The summed E-state index contributed by atoms with van der Waals surface area (Å²) in [5.41, 5.74) is 5.89. The Morgan fingerprint density at radius 2 is 1.76 bits per heavy atom. The highest BCUT2D eigenvalue weighted by Crippen LogP contribution is 2.39. The van der Waals surface area contributed by atoms with E-state index in [2.05, 4.69) is 15.5 Å². The zero-order chi connectivity index (χ0) is 27.0. The van der Waals surface area contributed by atoms with Gasteiger partial charge in [-0.25, -0.2) is 0 Å². The van der Waals surface area contributed by atoms with Crippen molar-refractivity contribution in [3.63, 3.8) is 0 Å². The second kappa shape index (κ2) is 13.4. The Labute approximate surface area is 221 Å². The Balaban J connectivity index is 1.74. The van der Waals surface area contributed by atoms with Crippen LogP contribution in [0.4, 0.5) is 0 Å². The van der Waals surface area contributed by atoms with Crippen molar-refractivity contribution in [2.45, 2.75) is 102 Å². The summed E-state index contributed by atoms with van der Waals surface area (Å²) in [5.74, 6) is 0.450. The second-order valence-corrected chi connectivity index (χ2v) is 12.0. The number of aliphatic hydroxyl groups excluding tert-OH is 1. The van der Waals surface area contributed by atoms with Crippen LogP contribution in [0.15, 0.2) is 30.3 Å². The van der Waals surface area contributed by atoms with Crippen LogP contribution in [0.2, 0.25) is 0 Å². The monoisotopic (exact) mass is 514 g/mol. The van der Waals surface area contributed by atoms with Gasteiger partial charge in [0.05, 0.1) is 18.2 Å². The molecule has 1 aliphatic heterocycles. The van der Waals surface area contributed by atoms with Crippen molar-refractivity contribution in [1.29, 1.82) is 0 Å². The van der Waals surface area contributed by atoms with E-state index >= 15 is 0 Å². The lowest BCUT2D eigenvalue weighted by molar-refractivity contribution is -0.133. The lowest BCUT2D eigenvalue weighted by Crippen LogP contribution is -2.60. The third kappa shape index (κ3) is 9.42. The van der Waals surface area contributed by atoms with Gasteiger partial charge in [0.25, 0.3) is 0 Å². The number of fused-ring (bicyclic) bond motifs is 1. The maximum absolute atomic E-state index is 13.4. The molecule has 0 radical (unpaired) electrons. The van der Waals surface area contributed by atoms with E-state index in [0.29, 0.717) is 31.2 Å². The maximum Gasteiger partial charge on any atom is 0.237 e. The van der Waals surface area contributed by atoms with Gasteiger partial charge in [-0.2, -0.15) is 0 Å². The molecule has 3 rings (SSSR count). The van der Waals surface area contributed by atoms with E-state index in [1.807, 2.05) is 51.1 Å². The molecule has 0 spiro atoms. The molecule has 5 N–H and O–H groups in total. The summed E-state index contributed by atoms with van der Waals surface area (Å²) in [5, 5.41) is 17.6. The summed E-state index contributed by atoms with van der Waals surface area (Å²) in [6.45, 7) is 7.05. The number of hydrogen-bond donors (Lipinski definition) is 4. The van der Waals surface area contributed by atoms with Crippen molar-refractivity contribution in [1.82, 2.24) is 15.5 Å². The van der Waals surface area contributed by atoms with E-state index in [9.17, 15) is 19.5 Å². The first-order valence-electron chi connectivity index (χ1n) is 13.9. The quantitative estimate of drug-likeness (QED) is 0.361. The van der Waals surface area contributed by atoms with Gasteiger partial charge < -0.3 is 21.5 Å². The summed E-state index contributed by atoms with van der Waals surface area (Å²) < 4.78 is 0. The predicted octanol–water partition coefficient (Wildman–Crippen LogP) is 2.53. The lowest BCUT2D eigenvalue weighted by Gasteiger charge is -2.47. The topological polar surface area (TPSA) is 125 Å². The van der Waals surface area contributed by atoms with Crippen molar-refractivity contribution >= 4 is 17.7 Å². The Bertz CT molecular complexity index is 901. The highest BCUT2D eigenvalue weighted by molar-refractivity contribution is 5.82. The predicted molar refractivity (Wildman–Crippen MR) is 144 cm³/mol. The van der Waals surface area contributed by atoms with Gasteiger partial charge in [0.15, 0.2) is 0 Å². The first-order chi connectivity index (χ1) is 17.5. The van der Waals surface area contributed by atoms with Gasteiger partial charge in [-0.3, -0.25) is 19.3 Å². The summed E-state index contributed by atoms with van der Waals surface area (Å²) in [4.78, 5) is 39.2. The van der Waals surface area contributed by atoms with Crippen LogP contribution in [-0.4, -0.2) is 64.5 Å². The van der Waals surface area contributed by atoms with E-state index in [0.717, 1.165) is 24.9 Å². The smallest absolute Gasteiger partial charge is 0.237 e. The first-order valence-corrected chi connectivity index (χ1v) is 13.9. The number of carbonyl (C=O) groups excluding carboxylic acids is 3. The molecular formula is C29H46N4O4. The molecule has 2 fully saturated rings. The third-order valence-electron chi connectivity index (χ3n) is 7.66. The summed E-state index contributed by atoms with van der Waals surface area (Å²) in [6.07, 6.45) is 5.89. The van der Waals surface area contributed by atoms with E-state index < -0.39 is 18.1 Å². The lowest BCUT2D eigenvalue weighted by atomic mass is 9.72. The van der Waals surface area contributed by atoms with Gasteiger partial charge in [0.2, 0.25) is 17.7 Å². The number of rotatable bonds is 11. The van der Waals surface area contributed by atoms with Gasteiger partial charge in [-0.05, 0) is 63.9 Å². The van der Waals surface area contributed by atoms with Gasteiger partial charge in [0.1, 0.15) is 0 Å². The molecule has 37 heavy (non-hydrogen) atoms. The van der Waals surface area contributed by atoms with Crippen LogP contribution in [0.5, 0.6) is 0 Å². The highest BCUT2D eigenvalue weighted by Gasteiger charge is 2.41. The van der Waals surface area contributed by atoms with Crippen molar-refractivity contribution in [2.24, 2.45) is 17.6 Å². The average Bonchev–Trinajstić information content (AvgIpc) is 2.82. The number of primary amides is 1. The fraction of sp³-hybridized carbons (Fsp3) is 0.690. The van der Waals surface area contributed by atoms with E-state index in [4.69, 9.17) is 5.73 Å². The number of nitrogens with two attached hydrogens (primary N) is 1. The van der Waals surface area contributed by atoms with Crippen molar-refractivity contribution < 1.29 is 19.5 Å². The maximum atomic E-state index is 13.4. The fourth-order valence-electron chi connectivity index (χ4n) is 5.85. The molecule has 1 saturated carbocycles. The molecule has 1 aromatic carbocycles. The number of benzene rings is 1. The van der Waals surface area contributed by atoms with Crippen molar-refractivity contribution in [3.05, 3.63) is 35.9 Å². The molecule has 206 valence electrons. The molecule has 0 bridgehead atoms. The van der Waals surface area contributed by atoms with E-state index in [-0.39, 0.29) is 36.2 Å². The molecular weight excluding hydrogens is 468 g/mol. The normalized spacial score (nSPS) is 23.9. The van der Waals surface area contributed by atoms with Gasteiger partial charge in [0, 0.05) is 31.5 Å². The van der Waals surface area contributed by atoms with Crippen molar-refractivity contribution in [3.8, 4) is 0 Å². The summed E-state index contributed by atoms with van der Waals surface area (Å²) in [7, 11) is 0. The van der Waals surface area contributed by atoms with Gasteiger partial charge >= 0.3 is 0 Å². The largest absolute Gasteiger partial charge is 0.390 e. The molecule has 5 atom stereocenters.